The Kier molecular flexibility index (Phi) is 3.35. The molecule has 0 aromatic carbocycles. The van der Waals surface area contributed by atoms with E-state index in [1.54, 1.807) is 12.3 Å². The minimum Gasteiger partial charge on any atom is -0.384 e. The van der Waals surface area contributed by atoms with Gasteiger partial charge >= 0.3 is 0 Å². The molecule has 3 nitrogen and oxygen atoms in total. The molecular weight excluding hydrogens is 218 g/mol. The lowest BCUT2D eigenvalue weighted by Crippen LogP contribution is -2.27. The molecule has 0 saturated carbocycles. The summed E-state index contributed by atoms with van der Waals surface area (Å²) in [5, 5.41) is 12.1. The van der Waals surface area contributed by atoms with E-state index in [1.807, 2.05) is 23.9 Å². The van der Waals surface area contributed by atoms with E-state index in [-0.39, 0.29) is 0 Å². The van der Waals surface area contributed by atoms with Crippen LogP contribution in [0.5, 0.6) is 0 Å². The van der Waals surface area contributed by atoms with Crippen molar-refractivity contribution in [3.05, 3.63) is 24.0 Å². The van der Waals surface area contributed by atoms with Crippen LogP contribution in [-0.2, 0) is 0 Å². The molecule has 16 heavy (non-hydrogen) atoms. The Hall–Kier alpha value is -1.21. The zero-order valence-corrected chi connectivity index (χ0v) is 10.2. The predicted molar refractivity (Wildman–Crippen MR) is 67.5 cm³/mol. The van der Waals surface area contributed by atoms with Gasteiger partial charge in [-0.3, -0.25) is 0 Å². The molecule has 0 aliphatic carbocycles. The smallest absolute Gasteiger partial charge is 0.142 e. The standard InChI is InChI=1S/C12H15N3S/c1-12(4-2-6-16-12)9-15-10-3-5-14-11(7-10)8-13/h3,5,7H,2,4,6,9H2,1H3,(H,14,15). The SMILES string of the molecule is CC1(CNc2ccnc(C#N)c2)CCCS1. The summed E-state index contributed by atoms with van der Waals surface area (Å²) in [7, 11) is 0. The first kappa shape index (κ1) is 11.3. The van der Waals surface area contributed by atoms with Gasteiger partial charge in [0.15, 0.2) is 0 Å². The minimum atomic E-state index is 0.343. The molecule has 1 saturated heterocycles. The minimum absolute atomic E-state index is 0.343. The van der Waals surface area contributed by atoms with Gasteiger partial charge in [0.05, 0.1) is 0 Å². The number of anilines is 1. The van der Waals surface area contributed by atoms with Crippen LogP contribution in [-0.4, -0.2) is 22.0 Å². The maximum Gasteiger partial charge on any atom is 0.142 e. The van der Waals surface area contributed by atoms with E-state index in [0.29, 0.717) is 10.4 Å². The number of nitriles is 1. The normalized spacial score (nSPS) is 24.0. The fourth-order valence-corrected chi connectivity index (χ4v) is 3.11. The summed E-state index contributed by atoms with van der Waals surface area (Å²) < 4.78 is 0.343. The van der Waals surface area contributed by atoms with Gasteiger partial charge in [0.25, 0.3) is 0 Å². The highest BCUT2D eigenvalue weighted by Gasteiger charge is 2.28. The van der Waals surface area contributed by atoms with E-state index in [9.17, 15) is 0 Å². The van der Waals surface area contributed by atoms with Gasteiger partial charge in [-0.25, -0.2) is 4.98 Å². The first-order valence-electron chi connectivity index (χ1n) is 5.46. The number of thioether (sulfide) groups is 1. The molecule has 1 N–H and O–H groups in total. The average Bonchev–Trinajstić information content (AvgIpc) is 2.75. The van der Waals surface area contributed by atoms with Gasteiger partial charge in [-0.1, -0.05) is 0 Å². The van der Waals surface area contributed by atoms with Crippen molar-refractivity contribution in [2.24, 2.45) is 0 Å². The van der Waals surface area contributed by atoms with E-state index < -0.39 is 0 Å². The third kappa shape index (κ3) is 2.67. The molecule has 0 radical (unpaired) electrons. The summed E-state index contributed by atoms with van der Waals surface area (Å²) in [6.07, 6.45) is 4.24. The number of rotatable bonds is 3. The van der Waals surface area contributed by atoms with E-state index in [2.05, 4.69) is 17.2 Å². The van der Waals surface area contributed by atoms with Crippen molar-refractivity contribution in [2.45, 2.75) is 24.5 Å². The van der Waals surface area contributed by atoms with Crippen LogP contribution in [0, 0.1) is 11.3 Å². The van der Waals surface area contributed by atoms with Gasteiger partial charge < -0.3 is 5.32 Å². The van der Waals surface area contributed by atoms with Crippen LogP contribution in [0.4, 0.5) is 5.69 Å². The molecule has 0 amide bonds. The highest BCUT2D eigenvalue weighted by atomic mass is 32.2. The Balaban J connectivity index is 1.96. The molecule has 1 aliphatic rings. The quantitative estimate of drug-likeness (QED) is 0.872. The first-order valence-corrected chi connectivity index (χ1v) is 6.44. The van der Waals surface area contributed by atoms with E-state index in [0.717, 1.165) is 12.2 Å². The summed E-state index contributed by atoms with van der Waals surface area (Å²) in [5.74, 6) is 1.26. The molecule has 1 aromatic rings. The molecule has 84 valence electrons. The predicted octanol–water partition coefficient (Wildman–Crippen LogP) is 2.65. The summed E-state index contributed by atoms with van der Waals surface area (Å²) in [4.78, 5) is 3.95. The maximum atomic E-state index is 8.75. The van der Waals surface area contributed by atoms with Crippen LogP contribution in [0.3, 0.4) is 0 Å². The molecule has 1 unspecified atom stereocenters. The van der Waals surface area contributed by atoms with Crippen LogP contribution in [0.1, 0.15) is 25.5 Å². The summed E-state index contributed by atoms with van der Waals surface area (Å²) in [5.41, 5.74) is 1.45. The third-order valence-electron chi connectivity index (χ3n) is 2.84. The molecule has 1 atom stereocenters. The van der Waals surface area contributed by atoms with Crippen molar-refractivity contribution in [1.29, 1.82) is 5.26 Å². The van der Waals surface area contributed by atoms with Gasteiger partial charge in [-0.15, -0.1) is 0 Å². The van der Waals surface area contributed by atoms with Crippen molar-refractivity contribution in [1.82, 2.24) is 4.98 Å². The monoisotopic (exact) mass is 233 g/mol. The second-order valence-corrected chi connectivity index (χ2v) is 5.98. The molecule has 0 spiro atoms. The number of hydrogen-bond acceptors (Lipinski definition) is 4. The van der Waals surface area contributed by atoms with Gasteiger partial charge in [0.1, 0.15) is 11.8 Å². The number of hydrogen-bond donors (Lipinski definition) is 1. The molecule has 1 fully saturated rings. The number of aromatic nitrogens is 1. The molecule has 1 aliphatic heterocycles. The number of nitrogens with zero attached hydrogens (tertiary/aromatic N) is 2. The number of pyridine rings is 1. The Morgan fingerprint density at radius 3 is 3.25 bits per heavy atom. The van der Waals surface area contributed by atoms with Crippen LogP contribution in [0.25, 0.3) is 0 Å². The largest absolute Gasteiger partial charge is 0.384 e. The van der Waals surface area contributed by atoms with Gasteiger partial charge in [0.2, 0.25) is 0 Å². The number of nitrogens with one attached hydrogen (secondary N) is 1. The Morgan fingerprint density at radius 2 is 2.56 bits per heavy atom. The van der Waals surface area contributed by atoms with Crippen LogP contribution in [0.2, 0.25) is 0 Å². The van der Waals surface area contributed by atoms with Crippen molar-refractivity contribution >= 4 is 17.4 Å². The van der Waals surface area contributed by atoms with E-state index in [1.165, 1.54) is 18.6 Å². The average molecular weight is 233 g/mol. The second kappa shape index (κ2) is 4.75. The van der Waals surface area contributed by atoms with E-state index in [4.69, 9.17) is 5.26 Å². The molecule has 2 heterocycles. The summed E-state index contributed by atoms with van der Waals surface area (Å²) in [6.45, 7) is 3.25. The lowest BCUT2D eigenvalue weighted by Gasteiger charge is -2.23. The van der Waals surface area contributed by atoms with Crippen molar-refractivity contribution in [3.63, 3.8) is 0 Å². The zero-order valence-electron chi connectivity index (χ0n) is 9.36. The van der Waals surface area contributed by atoms with Crippen molar-refractivity contribution in [2.75, 3.05) is 17.6 Å². The van der Waals surface area contributed by atoms with Crippen LogP contribution >= 0.6 is 11.8 Å². The Bertz CT molecular complexity index is 405. The summed E-state index contributed by atoms with van der Waals surface area (Å²) in [6, 6.07) is 5.75. The molecule has 2 rings (SSSR count). The first-order chi connectivity index (χ1) is 7.72. The van der Waals surface area contributed by atoms with Crippen LogP contribution in [0.15, 0.2) is 18.3 Å². The fraction of sp³-hybridized carbons (Fsp3) is 0.500. The van der Waals surface area contributed by atoms with Gasteiger partial charge in [0, 0.05) is 23.2 Å². The zero-order chi connectivity index (χ0) is 11.4. The highest BCUT2D eigenvalue weighted by Crippen LogP contribution is 2.37. The van der Waals surface area contributed by atoms with E-state index >= 15 is 0 Å². The lowest BCUT2D eigenvalue weighted by molar-refractivity contribution is 0.635. The fourth-order valence-electron chi connectivity index (χ4n) is 1.87. The summed E-state index contributed by atoms with van der Waals surface area (Å²) >= 11 is 2.03. The Morgan fingerprint density at radius 1 is 1.69 bits per heavy atom. The maximum absolute atomic E-state index is 8.75. The Labute approximate surface area is 100 Å². The topological polar surface area (TPSA) is 48.7 Å². The molecule has 1 aromatic heterocycles. The lowest BCUT2D eigenvalue weighted by atomic mass is 10.1. The molecular formula is C12H15N3S. The van der Waals surface area contributed by atoms with Gasteiger partial charge in [-0.2, -0.15) is 17.0 Å². The highest BCUT2D eigenvalue weighted by molar-refractivity contribution is 8.00. The second-order valence-electron chi connectivity index (χ2n) is 4.30. The third-order valence-corrected chi connectivity index (χ3v) is 4.38. The van der Waals surface area contributed by atoms with Gasteiger partial charge in [-0.05, 0) is 37.7 Å². The van der Waals surface area contributed by atoms with Crippen molar-refractivity contribution < 1.29 is 0 Å². The molecule has 4 heteroatoms. The van der Waals surface area contributed by atoms with Crippen molar-refractivity contribution in [3.8, 4) is 6.07 Å². The van der Waals surface area contributed by atoms with Crippen LogP contribution < -0.4 is 5.32 Å². The molecule has 0 bridgehead atoms.